The normalized spacial score (nSPS) is 26.8. The van der Waals surface area contributed by atoms with Crippen molar-refractivity contribution in [3.63, 3.8) is 0 Å². The Morgan fingerprint density at radius 3 is 2.67 bits per heavy atom. The highest BCUT2D eigenvalue weighted by molar-refractivity contribution is 5.38. The van der Waals surface area contributed by atoms with Crippen molar-refractivity contribution in [1.29, 1.82) is 0 Å². The van der Waals surface area contributed by atoms with Crippen molar-refractivity contribution >= 4 is 0 Å². The predicted octanol–water partition coefficient (Wildman–Crippen LogP) is 4.60. The molecule has 1 fully saturated rings. The van der Waals surface area contributed by atoms with Gasteiger partial charge in [-0.05, 0) is 43.5 Å². The Morgan fingerprint density at radius 1 is 1.19 bits per heavy atom. The Labute approximate surface area is 127 Å². The van der Waals surface area contributed by atoms with Crippen molar-refractivity contribution in [2.45, 2.75) is 64.0 Å². The molecule has 21 heavy (non-hydrogen) atoms. The number of hydrogen-bond acceptors (Lipinski definition) is 2. The third-order valence-corrected chi connectivity index (χ3v) is 4.97. The summed E-state index contributed by atoms with van der Waals surface area (Å²) in [6, 6.07) is 5.17. The standard InChI is InChI=1S/C18H26FNO/c1-2-20-16-12-18(13-7-5-3-4-6-8-13)21-17-10-9-14(19)11-15(16)17/h9-11,13,16,18,20H,2-8,12H2,1H3. The van der Waals surface area contributed by atoms with E-state index in [1.807, 2.05) is 0 Å². The maximum absolute atomic E-state index is 13.5. The molecular weight excluding hydrogens is 265 g/mol. The monoisotopic (exact) mass is 291 g/mol. The molecule has 2 nitrogen and oxygen atoms in total. The van der Waals surface area contributed by atoms with Gasteiger partial charge in [-0.1, -0.05) is 32.6 Å². The molecule has 116 valence electrons. The Balaban J connectivity index is 1.81. The third-order valence-electron chi connectivity index (χ3n) is 4.97. The number of nitrogens with one attached hydrogen (secondary N) is 1. The van der Waals surface area contributed by atoms with E-state index in [-0.39, 0.29) is 18.0 Å². The first-order valence-corrected chi connectivity index (χ1v) is 8.47. The number of benzene rings is 1. The molecule has 3 heteroatoms. The summed E-state index contributed by atoms with van der Waals surface area (Å²) in [5.41, 5.74) is 0.988. The number of ether oxygens (including phenoxy) is 1. The van der Waals surface area contributed by atoms with Crippen LogP contribution in [0.4, 0.5) is 4.39 Å². The van der Waals surface area contributed by atoms with Crippen molar-refractivity contribution in [2.75, 3.05) is 6.54 Å². The molecule has 2 unspecified atom stereocenters. The molecule has 1 aliphatic heterocycles. The molecule has 1 aromatic rings. The first-order valence-electron chi connectivity index (χ1n) is 8.47. The smallest absolute Gasteiger partial charge is 0.124 e. The van der Waals surface area contributed by atoms with Crippen molar-refractivity contribution in [3.05, 3.63) is 29.6 Å². The molecule has 0 amide bonds. The summed E-state index contributed by atoms with van der Waals surface area (Å²) in [5.74, 6) is 1.36. The minimum absolute atomic E-state index is 0.173. The Kier molecular flexibility index (Phi) is 4.79. The van der Waals surface area contributed by atoms with Gasteiger partial charge < -0.3 is 10.1 Å². The lowest BCUT2D eigenvalue weighted by atomic mass is 9.86. The molecule has 0 spiro atoms. The quantitative estimate of drug-likeness (QED) is 0.822. The van der Waals surface area contributed by atoms with E-state index in [0.717, 1.165) is 24.3 Å². The lowest BCUT2D eigenvalue weighted by molar-refractivity contribution is 0.0844. The second-order valence-corrected chi connectivity index (χ2v) is 6.44. The Bertz CT molecular complexity index is 468. The van der Waals surface area contributed by atoms with Crippen LogP contribution in [0.5, 0.6) is 5.75 Å². The van der Waals surface area contributed by atoms with Crippen LogP contribution in [0.2, 0.25) is 0 Å². The van der Waals surface area contributed by atoms with Gasteiger partial charge in [0.1, 0.15) is 17.7 Å². The molecule has 2 aliphatic rings. The maximum atomic E-state index is 13.5. The van der Waals surface area contributed by atoms with Crippen LogP contribution in [0.25, 0.3) is 0 Å². The van der Waals surface area contributed by atoms with Gasteiger partial charge >= 0.3 is 0 Å². The summed E-state index contributed by atoms with van der Waals surface area (Å²) >= 11 is 0. The minimum Gasteiger partial charge on any atom is -0.490 e. The van der Waals surface area contributed by atoms with Crippen LogP contribution < -0.4 is 10.1 Å². The molecule has 3 rings (SSSR count). The summed E-state index contributed by atoms with van der Waals surface area (Å²) < 4.78 is 19.8. The number of rotatable bonds is 3. The molecule has 1 heterocycles. The Hall–Kier alpha value is -1.09. The van der Waals surface area contributed by atoms with Gasteiger partial charge in [-0.25, -0.2) is 4.39 Å². The second kappa shape index (κ2) is 6.78. The fraction of sp³-hybridized carbons (Fsp3) is 0.667. The molecule has 1 aliphatic carbocycles. The van der Waals surface area contributed by atoms with Crippen LogP contribution >= 0.6 is 0 Å². The van der Waals surface area contributed by atoms with Gasteiger partial charge in [-0.2, -0.15) is 0 Å². The highest BCUT2D eigenvalue weighted by atomic mass is 19.1. The summed E-state index contributed by atoms with van der Waals surface area (Å²) in [4.78, 5) is 0. The van der Waals surface area contributed by atoms with Crippen LogP contribution in [0.15, 0.2) is 18.2 Å². The van der Waals surface area contributed by atoms with E-state index in [4.69, 9.17) is 4.74 Å². The molecule has 0 bridgehead atoms. The summed E-state index contributed by atoms with van der Waals surface area (Å²) in [5, 5.41) is 3.51. The van der Waals surface area contributed by atoms with E-state index < -0.39 is 0 Å². The first-order chi connectivity index (χ1) is 10.3. The largest absolute Gasteiger partial charge is 0.490 e. The zero-order valence-corrected chi connectivity index (χ0v) is 12.9. The lowest BCUT2D eigenvalue weighted by Crippen LogP contribution is -2.37. The van der Waals surface area contributed by atoms with Gasteiger partial charge in [-0.15, -0.1) is 0 Å². The molecule has 0 radical (unpaired) electrons. The predicted molar refractivity (Wildman–Crippen MR) is 83.0 cm³/mol. The molecular formula is C18H26FNO. The van der Waals surface area contributed by atoms with Crippen molar-refractivity contribution in [3.8, 4) is 5.75 Å². The van der Waals surface area contributed by atoms with Crippen molar-refractivity contribution in [2.24, 2.45) is 5.92 Å². The summed E-state index contributed by atoms with van der Waals surface area (Å²) in [6.45, 7) is 3.01. The molecule has 1 N–H and O–H groups in total. The van der Waals surface area contributed by atoms with E-state index >= 15 is 0 Å². The Morgan fingerprint density at radius 2 is 1.95 bits per heavy atom. The fourth-order valence-electron chi connectivity index (χ4n) is 3.88. The van der Waals surface area contributed by atoms with Crippen molar-refractivity contribution in [1.82, 2.24) is 5.32 Å². The van der Waals surface area contributed by atoms with E-state index in [0.29, 0.717) is 5.92 Å². The van der Waals surface area contributed by atoms with Gasteiger partial charge in [0.05, 0.1) is 0 Å². The van der Waals surface area contributed by atoms with Crippen LogP contribution in [-0.2, 0) is 0 Å². The van der Waals surface area contributed by atoms with E-state index in [1.165, 1.54) is 44.6 Å². The van der Waals surface area contributed by atoms with Crippen LogP contribution in [-0.4, -0.2) is 12.6 Å². The number of fused-ring (bicyclic) bond motifs is 1. The molecule has 1 aromatic carbocycles. The molecule has 0 saturated heterocycles. The third kappa shape index (κ3) is 3.39. The minimum atomic E-state index is -0.173. The molecule has 2 atom stereocenters. The van der Waals surface area contributed by atoms with Crippen LogP contribution in [0.3, 0.4) is 0 Å². The second-order valence-electron chi connectivity index (χ2n) is 6.44. The average Bonchev–Trinajstić information content (AvgIpc) is 2.77. The number of hydrogen-bond donors (Lipinski definition) is 1. The van der Waals surface area contributed by atoms with E-state index in [2.05, 4.69) is 12.2 Å². The van der Waals surface area contributed by atoms with Gasteiger partial charge in [-0.3, -0.25) is 0 Å². The summed E-state index contributed by atoms with van der Waals surface area (Å²) in [7, 11) is 0. The molecule has 0 aromatic heterocycles. The average molecular weight is 291 g/mol. The summed E-state index contributed by atoms with van der Waals surface area (Å²) in [6.07, 6.45) is 9.18. The van der Waals surface area contributed by atoms with Gasteiger partial charge in [0.25, 0.3) is 0 Å². The van der Waals surface area contributed by atoms with E-state index in [9.17, 15) is 4.39 Å². The zero-order chi connectivity index (χ0) is 14.7. The maximum Gasteiger partial charge on any atom is 0.124 e. The topological polar surface area (TPSA) is 21.3 Å². The van der Waals surface area contributed by atoms with Gasteiger partial charge in [0.2, 0.25) is 0 Å². The zero-order valence-electron chi connectivity index (χ0n) is 12.9. The van der Waals surface area contributed by atoms with Crippen molar-refractivity contribution < 1.29 is 9.13 Å². The van der Waals surface area contributed by atoms with Crippen LogP contribution in [0, 0.1) is 11.7 Å². The molecule has 1 saturated carbocycles. The van der Waals surface area contributed by atoms with E-state index in [1.54, 1.807) is 12.1 Å². The van der Waals surface area contributed by atoms with Gasteiger partial charge in [0, 0.05) is 18.0 Å². The van der Waals surface area contributed by atoms with Crippen LogP contribution in [0.1, 0.15) is 63.5 Å². The highest BCUT2D eigenvalue weighted by Crippen LogP contribution is 2.40. The fourth-order valence-corrected chi connectivity index (χ4v) is 3.88. The highest BCUT2D eigenvalue weighted by Gasteiger charge is 2.33. The SMILES string of the molecule is CCNC1CC(C2CCCCCC2)Oc2ccc(F)cc21. The van der Waals surface area contributed by atoms with Gasteiger partial charge in [0.15, 0.2) is 0 Å². The first kappa shape index (κ1) is 14.8. The lowest BCUT2D eigenvalue weighted by Gasteiger charge is -2.36. The number of halogens is 1.